The highest BCUT2D eigenvalue weighted by molar-refractivity contribution is 6.01. The second kappa shape index (κ2) is 7.15. The fourth-order valence-electron chi connectivity index (χ4n) is 5.52. The van der Waals surface area contributed by atoms with Crippen molar-refractivity contribution in [3.05, 3.63) is 53.0 Å². The number of hydrogen-bond acceptors (Lipinski definition) is 5. The Hall–Kier alpha value is -3.19. The van der Waals surface area contributed by atoms with Crippen LogP contribution < -0.4 is 10.1 Å². The van der Waals surface area contributed by atoms with Crippen molar-refractivity contribution in [1.82, 2.24) is 20.3 Å². The lowest BCUT2D eigenvalue weighted by Crippen LogP contribution is -2.43. The minimum Gasteiger partial charge on any atom is -0.474 e. The first-order valence-corrected chi connectivity index (χ1v) is 11.9. The zero-order valence-electron chi connectivity index (χ0n) is 18.4. The number of aromatic amines is 1. The Kier molecular flexibility index (Phi) is 4.18. The standard InChI is InChI=1S/C26H26N4O3/c31-25-23-18-3-1-15-13-27-20(11-19(15)24(18)29-21(23)12-26(30-25)7-8-26)16-2-4-22(28-14-16)33-17-5-9-32-10-6-17/h2,4,11,13-14,17,29H,1,3,5-10,12H2,(H,30,31). The molecule has 0 aromatic carbocycles. The normalized spacial score (nSPS) is 20.5. The molecule has 1 saturated carbocycles. The smallest absolute Gasteiger partial charge is 0.253 e. The van der Waals surface area contributed by atoms with Gasteiger partial charge in [0.1, 0.15) is 6.10 Å². The molecular formula is C26H26N4O3. The quantitative estimate of drug-likeness (QED) is 0.647. The van der Waals surface area contributed by atoms with Gasteiger partial charge in [-0.15, -0.1) is 0 Å². The molecular weight excluding hydrogens is 416 g/mol. The summed E-state index contributed by atoms with van der Waals surface area (Å²) in [7, 11) is 0. The van der Waals surface area contributed by atoms with Crippen LogP contribution in [0.3, 0.4) is 0 Å². The number of amides is 1. The molecule has 2 aliphatic heterocycles. The zero-order chi connectivity index (χ0) is 22.0. The summed E-state index contributed by atoms with van der Waals surface area (Å²) in [6, 6.07) is 6.07. The topological polar surface area (TPSA) is 89.1 Å². The molecule has 2 aliphatic carbocycles. The lowest BCUT2D eigenvalue weighted by atomic mass is 9.87. The molecule has 3 aromatic heterocycles. The van der Waals surface area contributed by atoms with E-state index < -0.39 is 0 Å². The number of rotatable bonds is 3. The second-order valence-electron chi connectivity index (χ2n) is 9.78. The number of fused-ring (bicyclic) bond motifs is 5. The van der Waals surface area contributed by atoms with Gasteiger partial charge in [0.15, 0.2) is 0 Å². The van der Waals surface area contributed by atoms with Gasteiger partial charge in [-0.05, 0) is 48.9 Å². The number of ether oxygens (including phenoxy) is 2. The third-order valence-corrected chi connectivity index (χ3v) is 7.54. The molecule has 3 aromatic rings. The first-order valence-electron chi connectivity index (χ1n) is 11.9. The number of hydrogen-bond donors (Lipinski definition) is 2. The van der Waals surface area contributed by atoms with Gasteiger partial charge < -0.3 is 19.8 Å². The third kappa shape index (κ3) is 3.25. The van der Waals surface area contributed by atoms with Gasteiger partial charge in [0, 0.05) is 60.1 Å². The van der Waals surface area contributed by atoms with Crippen molar-refractivity contribution < 1.29 is 14.3 Å². The molecule has 0 bridgehead atoms. The van der Waals surface area contributed by atoms with Crippen LogP contribution in [0.4, 0.5) is 0 Å². The molecule has 1 amide bonds. The average molecular weight is 443 g/mol. The first kappa shape index (κ1) is 19.3. The largest absolute Gasteiger partial charge is 0.474 e. The number of aromatic nitrogens is 3. The number of carbonyl (C=O) groups excluding carboxylic acids is 1. The van der Waals surface area contributed by atoms with Crippen molar-refractivity contribution in [3.63, 3.8) is 0 Å². The summed E-state index contributed by atoms with van der Waals surface area (Å²) in [5, 5.41) is 3.26. The summed E-state index contributed by atoms with van der Waals surface area (Å²) in [5.41, 5.74) is 8.43. The Morgan fingerprint density at radius 2 is 1.97 bits per heavy atom. The molecule has 168 valence electrons. The highest BCUT2D eigenvalue weighted by Crippen LogP contribution is 2.45. The van der Waals surface area contributed by atoms with Crippen LogP contribution in [0.5, 0.6) is 5.88 Å². The Labute approximate surface area is 191 Å². The number of aryl methyl sites for hydroxylation is 1. The number of carbonyl (C=O) groups is 1. The maximum Gasteiger partial charge on any atom is 0.253 e. The molecule has 1 spiro atoms. The summed E-state index contributed by atoms with van der Waals surface area (Å²) in [6.07, 6.45) is 10.6. The van der Waals surface area contributed by atoms with Crippen molar-refractivity contribution in [2.75, 3.05) is 13.2 Å². The van der Waals surface area contributed by atoms with Gasteiger partial charge in [-0.25, -0.2) is 4.98 Å². The van der Waals surface area contributed by atoms with Crippen molar-refractivity contribution in [1.29, 1.82) is 0 Å². The predicted octanol–water partition coefficient (Wildman–Crippen LogP) is 3.61. The molecule has 7 nitrogen and oxygen atoms in total. The molecule has 33 heavy (non-hydrogen) atoms. The fraction of sp³-hybridized carbons (Fsp3) is 0.423. The second-order valence-corrected chi connectivity index (χ2v) is 9.78. The van der Waals surface area contributed by atoms with Gasteiger partial charge in [0.05, 0.1) is 30.2 Å². The molecule has 4 aliphatic rings. The van der Waals surface area contributed by atoms with Gasteiger partial charge in [-0.1, -0.05) is 0 Å². The van der Waals surface area contributed by atoms with Crippen LogP contribution in [0.2, 0.25) is 0 Å². The SMILES string of the molecule is O=C1NC2(CC2)Cc2[nH]c3c(c21)CCc1cnc(-c2ccc(OC4CCOCC4)nc2)cc1-3. The minimum absolute atomic E-state index is 0.00387. The van der Waals surface area contributed by atoms with E-state index in [1.54, 1.807) is 0 Å². The third-order valence-electron chi connectivity index (χ3n) is 7.54. The van der Waals surface area contributed by atoms with Crippen molar-refractivity contribution in [2.24, 2.45) is 0 Å². The van der Waals surface area contributed by atoms with E-state index in [9.17, 15) is 4.79 Å². The van der Waals surface area contributed by atoms with Crippen molar-refractivity contribution >= 4 is 5.91 Å². The van der Waals surface area contributed by atoms with E-state index in [1.165, 1.54) is 5.56 Å². The van der Waals surface area contributed by atoms with Crippen LogP contribution in [-0.2, 0) is 24.0 Å². The Morgan fingerprint density at radius 3 is 2.76 bits per heavy atom. The highest BCUT2D eigenvalue weighted by atomic mass is 16.5. The molecule has 0 unspecified atom stereocenters. The number of nitrogens with zero attached hydrogens (tertiary/aromatic N) is 2. The van der Waals surface area contributed by atoms with Gasteiger partial charge in [-0.3, -0.25) is 9.78 Å². The molecule has 2 N–H and O–H groups in total. The lowest BCUT2D eigenvalue weighted by molar-refractivity contribution is 0.0237. The number of pyridine rings is 2. The minimum atomic E-state index is 0.00387. The summed E-state index contributed by atoms with van der Waals surface area (Å²) >= 11 is 0. The lowest BCUT2D eigenvalue weighted by Gasteiger charge is -2.24. The van der Waals surface area contributed by atoms with E-state index in [0.29, 0.717) is 5.88 Å². The molecule has 5 heterocycles. The van der Waals surface area contributed by atoms with Gasteiger partial charge >= 0.3 is 0 Å². The molecule has 2 fully saturated rings. The monoisotopic (exact) mass is 442 g/mol. The molecule has 7 heteroatoms. The Morgan fingerprint density at radius 1 is 1.09 bits per heavy atom. The fourth-order valence-corrected chi connectivity index (χ4v) is 5.52. The maximum absolute atomic E-state index is 12.9. The van der Waals surface area contributed by atoms with E-state index >= 15 is 0 Å². The summed E-state index contributed by atoms with van der Waals surface area (Å²) in [4.78, 5) is 25.8. The van der Waals surface area contributed by atoms with Crippen molar-refractivity contribution in [2.45, 2.75) is 56.6 Å². The highest BCUT2D eigenvalue weighted by Gasteiger charge is 2.49. The van der Waals surface area contributed by atoms with Gasteiger partial charge in [0.25, 0.3) is 5.91 Å². The van der Waals surface area contributed by atoms with E-state index in [0.717, 1.165) is 97.5 Å². The zero-order valence-corrected chi connectivity index (χ0v) is 18.4. The Balaban J connectivity index is 1.20. The van der Waals surface area contributed by atoms with Gasteiger partial charge in [-0.2, -0.15) is 0 Å². The van der Waals surface area contributed by atoms with Crippen LogP contribution in [0.25, 0.3) is 22.5 Å². The number of H-pyrrole nitrogens is 1. The van der Waals surface area contributed by atoms with Crippen LogP contribution >= 0.6 is 0 Å². The summed E-state index contributed by atoms with van der Waals surface area (Å²) < 4.78 is 11.4. The first-order chi connectivity index (χ1) is 16.2. The van der Waals surface area contributed by atoms with Crippen LogP contribution in [-0.4, -0.2) is 45.7 Å². The summed E-state index contributed by atoms with van der Waals surface area (Å²) in [5.74, 6) is 0.733. The molecule has 0 atom stereocenters. The van der Waals surface area contributed by atoms with Crippen molar-refractivity contribution in [3.8, 4) is 28.4 Å². The molecule has 1 saturated heterocycles. The van der Waals surface area contributed by atoms with E-state index in [2.05, 4.69) is 21.4 Å². The maximum atomic E-state index is 12.9. The van der Waals surface area contributed by atoms with E-state index in [-0.39, 0.29) is 17.6 Å². The molecule has 7 rings (SSSR count). The van der Waals surface area contributed by atoms with E-state index in [4.69, 9.17) is 14.5 Å². The van der Waals surface area contributed by atoms with Crippen LogP contribution in [0, 0.1) is 0 Å². The molecule has 0 radical (unpaired) electrons. The average Bonchev–Trinajstić information content (AvgIpc) is 3.46. The predicted molar refractivity (Wildman–Crippen MR) is 122 cm³/mol. The van der Waals surface area contributed by atoms with Gasteiger partial charge in [0.2, 0.25) is 5.88 Å². The number of nitrogens with one attached hydrogen (secondary N) is 2. The van der Waals surface area contributed by atoms with E-state index in [1.807, 2.05) is 24.5 Å². The van der Waals surface area contributed by atoms with Crippen LogP contribution in [0.15, 0.2) is 30.6 Å². The summed E-state index contributed by atoms with van der Waals surface area (Å²) in [6.45, 7) is 1.49. The Bertz CT molecular complexity index is 1250. The van der Waals surface area contributed by atoms with Crippen LogP contribution in [0.1, 0.15) is 52.9 Å².